The van der Waals surface area contributed by atoms with Crippen LogP contribution in [0.1, 0.15) is 36.8 Å². The molecule has 0 saturated carbocycles. The summed E-state index contributed by atoms with van der Waals surface area (Å²) in [6.45, 7) is 0. The summed E-state index contributed by atoms with van der Waals surface area (Å²) in [5, 5.41) is 0. The zero-order chi connectivity index (χ0) is 20.9. The Kier molecular flexibility index (Phi) is 13.3. The van der Waals surface area contributed by atoms with Crippen molar-refractivity contribution in [1.82, 2.24) is 0 Å². The average molecular weight is 593 g/mol. The van der Waals surface area contributed by atoms with E-state index in [0.29, 0.717) is 0 Å². The first-order valence-electron chi connectivity index (χ1n) is 8.58. The minimum atomic E-state index is -4.23. The standard InChI is InChI=1S/C8H12.2C7H4F3.Pt/c1-2-4-6-8-7-5-3-1;2*8-7(9,10)6-4-2-1-3-5-6;/h1-2,7-8H,3-6H2;2*2-5H;/q;2*-1;+2. The van der Waals surface area contributed by atoms with Gasteiger partial charge in [-0.2, -0.15) is 87.0 Å². The normalized spacial score (nSPS) is 13.4. The van der Waals surface area contributed by atoms with Crippen molar-refractivity contribution in [2.45, 2.75) is 38.0 Å². The van der Waals surface area contributed by atoms with Gasteiger partial charge in [-0.1, -0.05) is 35.4 Å². The van der Waals surface area contributed by atoms with Crippen molar-refractivity contribution in [2.75, 3.05) is 0 Å². The third-order valence-corrected chi connectivity index (χ3v) is 3.42. The Labute approximate surface area is 181 Å². The minimum absolute atomic E-state index is 0. The van der Waals surface area contributed by atoms with Crippen LogP contribution in [0.3, 0.4) is 0 Å². The Morgan fingerprint density at radius 1 is 0.517 bits per heavy atom. The molecule has 0 spiro atoms. The number of alkyl halides is 6. The van der Waals surface area contributed by atoms with Crippen LogP contribution in [0.15, 0.2) is 72.8 Å². The molecule has 0 atom stereocenters. The molecule has 0 bridgehead atoms. The molecule has 3 rings (SSSR count). The van der Waals surface area contributed by atoms with Crippen molar-refractivity contribution in [1.29, 1.82) is 0 Å². The van der Waals surface area contributed by atoms with Crippen molar-refractivity contribution in [2.24, 2.45) is 0 Å². The molecule has 0 fully saturated rings. The van der Waals surface area contributed by atoms with Crippen molar-refractivity contribution < 1.29 is 47.4 Å². The van der Waals surface area contributed by atoms with Crippen LogP contribution in [-0.4, -0.2) is 0 Å². The molecule has 0 heterocycles. The molecule has 2 aromatic carbocycles. The zero-order valence-corrected chi connectivity index (χ0v) is 17.6. The second-order valence-corrected chi connectivity index (χ2v) is 5.67. The maximum Gasteiger partial charge on any atom is 2.00 e. The van der Waals surface area contributed by atoms with E-state index in [1.54, 1.807) is 0 Å². The van der Waals surface area contributed by atoms with Gasteiger partial charge in [-0.3, -0.25) is 0 Å². The summed E-state index contributed by atoms with van der Waals surface area (Å²) in [5.41, 5.74) is -1.27. The first-order valence-corrected chi connectivity index (χ1v) is 8.58. The maximum atomic E-state index is 11.8. The molecule has 0 aromatic heterocycles. The summed E-state index contributed by atoms with van der Waals surface area (Å²) < 4.78 is 70.6. The monoisotopic (exact) mass is 593 g/mol. The largest absolute Gasteiger partial charge is 2.00 e. The maximum absolute atomic E-state index is 11.8. The van der Waals surface area contributed by atoms with Gasteiger partial charge in [-0.25, -0.2) is 0 Å². The zero-order valence-electron chi connectivity index (χ0n) is 15.3. The van der Waals surface area contributed by atoms with Gasteiger partial charge in [0.15, 0.2) is 0 Å². The van der Waals surface area contributed by atoms with Crippen molar-refractivity contribution in [3.05, 3.63) is 96.1 Å². The first-order chi connectivity index (χ1) is 13.2. The number of hydrogen-bond acceptors (Lipinski definition) is 0. The van der Waals surface area contributed by atoms with E-state index in [0.717, 1.165) is 24.3 Å². The van der Waals surface area contributed by atoms with Crippen LogP contribution in [0.4, 0.5) is 26.3 Å². The summed E-state index contributed by atoms with van der Waals surface area (Å²) in [6, 6.07) is 13.9. The molecule has 29 heavy (non-hydrogen) atoms. The predicted molar refractivity (Wildman–Crippen MR) is 97.3 cm³/mol. The van der Waals surface area contributed by atoms with Gasteiger partial charge in [0.05, 0.1) is 0 Å². The van der Waals surface area contributed by atoms with E-state index < -0.39 is 23.5 Å². The Balaban J connectivity index is 0.000000401. The summed E-state index contributed by atoms with van der Waals surface area (Å²) in [5.74, 6) is 0. The van der Waals surface area contributed by atoms with Crippen LogP contribution < -0.4 is 0 Å². The third kappa shape index (κ3) is 13.1. The first kappa shape index (κ1) is 27.2. The second kappa shape index (κ2) is 14.2. The van der Waals surface area contributed by atoms with E-state index in [2.05, 4.69) is 36.4 Å². The van der Waals surface area contributed by atoms with E-state index in [9.17, 15) is 26.3 Å². The van der Waals surface area contributed by atoms with Crippen LogP contribution in [0.2, 0.25) is 0 Å². The molecule has 0 nitrogen and oxygen atoms in total. The molecule has 2 aromatic rings. The molecular weight excluding hydrogens is 573 g/mol. The van der Waals surface area contributed by atoms with E-state index in [1.807, 2.05) is 0 Å². The molecule has 0 radical (unpaired) electrons. The summed E-state index contributed by atoms with van der Waals surface area (Å²) in [6.07, 6.45) is 5.55. The van der Waals surface area contributed by atoms with E-state index in [1.165, 1.54) is 49.9 Å². The van der Waals surface area contributed by atoms with E-state index in [-0.39, 0.29) is 21.1 Å². The molecule has 1 aliphatic carbocycles. The van der Waals surface area contributed by atoms with Gasteiger partial charge in [0, 0.05) is 0 Å². The van der Waals surface area contributed by atoms with Gasteiger partial charge in [0.25, 0.3) is 0 Å². The number of allylic oxidation sites excluding steroid dienone is 4. The summed E-state index contributed by atoms with van der Waals surface area (Å²) >= 11 is 0. The molecule has 0 N–H and O–H groups in total. The molecule has 0 amide bonds. The predicted octanol–water partition coefficient (Wildman–Crippen LogP) is 7.68. The molecular formula is C22H20F6Pt. The fraction of sp³-hybridized carbons (Fsp3) is 0.273. The third-order valence-electron chi connectivity index (χ3n) is 3.42. The number of benzene rings is 2. The van der Waals surface area contributed by atoms with Crippen LogP contribution in [0.25, 0.3) is 0 Å². The molecule has 7 heteroatoms. The fourth-order valence-corrected chi connectivity index (χ4v) is 2.01. The van der Waals surface area contributed by atoms with Crippen molar-refractivity contribution in [3.8, 4) is 0 Å². The molecule has 1 aliphatic rings. The number of rotatable bonds is 0. The van der Waals surface area contributed by atoms with Crippen LogP contribution in [0.5, 0.6) is 0 Å². The van der Waals surface area contributed by atoms with Gasteiger partial charge in [0.1, 0.15) is 0 Å². The van der Waals surface area contributed by atoms with Crippen LogP contribution in [-0.2, 0) is 33.4 Å². The molecule has 0 unspecified atom stereocenters. The smallest absolute Gasteiger partial charge is 0.184 e. The summed E-state index contributed by atoms with van der Waals surface area (Å²) in [7, 11) is 0. The Hall–Kier alpha value is -1.81. The van der Waals surface area contributed by atoms with Crippen molar-refractivity contribution >= 4 is 0 Å². The second-order valence-electron chi connectivity index (χ2n) is 5.67. The van der Waals surface area contributed by atoms with Gasteiger partial charge in [0.2, 0.25) is 0 Å². The Bertz CT molecular complexity index is 628. The summed E-state index contributed by atoms with van der Waals surface area (Å²) in [4.78, 5) is 0. The van der Waals surface area contributed by atoms with E-state index >= 15 is 0 Å². The Morgan fingerprint density at radius 3 is 0.931 bits per heavy atom. The molecule has 0 aliphatic heterocycles. The molecule has 160 valence electrons. The van der Waals surface area contributed by atoms with E-state index in [4.69, 9.17) is 0 Å². The minimum Gasteiger partial charge on any atom is -0.184 e. The number of hydrogen-bond donors (Lipinski definition) is 0. The van der Waals surface area contributed by atoms with Gasteiger partial charge in [-0.15, -0.1) is 0 Å². The van der Waals surface area contributed by atoms with Gasteiger partial charge >= 0.3 is 33.4 Å². The van der Waals surface area contributed by atoms with Crippen LogP contribution >= 0.6 is 0 Å². The fourth-order valence-electron chi connectivity index (χ4n) is 2.01. The Morgan fingerprint density at radius 2 is 0.759 bits per heavy atom. The quantitative estimate of drug-likeness (QED) is 0.167. The average Bonchev–Trinajstić information content (AvgIpc) is 2.62. The van der Waals surface area contributed by atoms with Gasteiger partial charge in [-0.05, 0) is 25.7 Å². The SMILES string of the molecule is C1=CCCC=CCC1.FC(F)(F)c1cc[c-]cc1.FC(F)(F)c1cc[c-]cc1.[Pt+2]. The van der Waals surface area contributed by atoms with Crippen LogP contribution in [0, 0.1) is 12.1 Å². The van der Waals surface area contributed by atoms with Crippen molar-refractivity contribution in [3.63, 3.8) is 0 Å². The van der Waals surface area contributed by atoms with Gasteiger partial charge < -0.3 is 0 Å². The topological polar surface area (TPSA) is 0 Å². The number of halogens is 6. The molecule has 0 saturated heterocycles.